The number of rotatable bonds is 6. The Kier molecular flexibility index (Phi) is 9.18. The number of fused-ring (bicyclic) bond motifs is 2. The molecule has 0 aliphatic carbocycles. The molecule has 0 unspecified atom stereocenters. The summed E-state index contributed by atoms with van der Waals surface area (Å²) in [5, 5.41) is 12.5. The van der Waals surface area contributed by atoms with Gasteiger partial charge in [-0.25, -0.2) is 0 Å². The van der Waals surface area contributed by atoms with Crippen LogP contribution in [0.4, 0.5) is 8.78 Å². The van der Waals surface area contributed by atoms with E-state index in [4.69, 9.17) is 9.79 Å². The summed E-state index contributed by atoms with van der Waals surface area (Å²) in [4.78, 5) is 62.8. The first-order valence-corrected chi connectivity index (χ1v) is 19.5. The standard InChI is InChI=1S/C31H33F2N4O8PS2/c32-31(33,46(41,42)43)21-6-9-26-19(12-21)13-27(47-26)28(38)35-24-17-48(44,45)11-10-22-7-8-25(37(22)29(24)39)30(40)36-15-20(14-34)23(16-36)18-4-2-1-3-5-18/h1-6,9,12-13,20,22-25,44-45H,7-8,10-11,15-17H2,(H,35,38)(H2,41,42,43)/t20-,22-,23+,24+,25+/m1/s1. The third kappa shape index (κ3) is 6.48. The predicted octanol–water partition coefficient (Wildman–Crippen LogP) is 4.51. The van der Waals surface area contributed by atoms with Crippen LogP contribution in [0.5, 0.6) is 0 Å². The summed E-state index contributed by atoms with van der Waals surface area (Å²) in [6, 6.07) is 13.2. The zero-order valence-electron chi connectivity index (χ0n) is 25.3. The van der Waals surface area contributed by atoms with Gasteiger partial charge < -0.3 is 24.9 Å². The Balaban J connectivity index is 1.23. The lowest BCUT2D eigenvalue weighted by Crippen LogP contribution is -2.58. The third-order valence-electron chi connectivity index (χ3n) is 9.34. The minimum Gasteiger partial charge on any atom is -0.339 e. The van der Waals surface area contributed by atoms with E-state index in [0.717, 1.165) is 29.0 Å². The molecule has 0 radical (unpaired) electrons. The molecule has 3 aliphatic rings. The van der Waals surface area contributed by atoms with Crippen LogP contribution in [0.25, 0.3) is 10.1 Å². The number of hydrogen-bond donors (Lipinski definition) is 5. The van der Waals surface area contributed by atoms with Gasteiger partial charge in [-0.3, -0.25) is 28.1 Å². The van der Waals surface area contributed by atoms with Crippen LogP contribution in [0, 0.1) is 17.2 Å². The number of nitrogens with zero attached hydrogens (tertiary/aromatic N) is 3. The van der Waals surface area contributed by atoms with E-state index >= 15 is 0 Å². The topological polar surface area (TPSA) is 191 Å². The van der Waals surface area contributed by atoms with Crippen LogP contribution < -0.4 is 5.32 Å². The lowest BCUT2D eigenvalue weighted by atomic mass is 9.90. The Labute approximate surface area is 279 Å². The quantitative estimate of drug-likeness (QED) is 0.228. The van der Waals surface area contributed by atoms with E-state index in [9.17, 15) is 42.1 Å². The Morgan fingerprint density at radius 1 is 1.06 bits per heavy atom. The highest BCUT2D eigenvalue weighted by Crippen LogP contribution is 2.59. The third-order valence-corrected chi connectivity index (χ3v) is 13.2. The number of thiophene rings is 1. The number of carbonyl (C=O) groups excluding carboxylic acids is 3. The van der Waals surface area contributed by atoms with Crippen molar-refractivity contribution in [1.29, 1.82) is 5.26 Å². The molecule has 3 aliphatic heterocycles. The summed E-state index contributed by atoms with van der Waals surface area (Å²) >= 11 is 0.892. The summed E-state index contributed by atoms with van der Waals surface area (Å²) in [5.74, 6) is -2.91. The van der Waals surface area contributed by atoms with Crippen LogP contribution in [0.3, 0.4) is 0 Å². The monoisotopic (exact) mass is 722 g/mol. The van der Waals surface area contributed by atoms with E-state index in [1.54, 1.807) is 4.90 Å². The molecule has 6 rings (SSSR count). The van der Waals surface area contributed by atoms with Gasteiger partial charge in [0.1, 0.15) is 12.1 Å². The van der Waals surface area contributed by atoms with Gasteiger partial charge in [0.2, 0.25) is 11.8 Å². The molecular formula is C31H33F2N4O8PS2. The van der Waals surface area contributed by atoms with Crippen LogP contribution in [0.2, 0.25) is 0 Å². The average molecular weight is 723 g/mol. The minimum atomic E-state index is -5.82. The van der Waals surface area contributed by atoms with Crippen molar-refractivity contribution in [3.05, 3.63) is 70.6 Å². The SMILES string of the molecule is N#C[C@@H]1CN(C(=O)[C@@H]2CC[C@@H]3CCS(O)(O)C[C@H](NC(=O)c4cc5cc(C(F)(F)P(=O)(O)O)ccc5s4)C(=O)N32)C[C@H]1c1ccccc1. The largest absolute Gasteiger partial charge is 0.399 e. The second-order valence-electron chi connectivity index (χ2n) is 12.4. The van der Waals surface area contributed by atoms with Crippen LogP contribution in [0.1, 0.15) is 46.0 Å². The fourth-order valence-corrected chi connectivity index (χ4v) is 9.87. The van der Waals surface area contributed by atoms with Gasteiger partial charge in [-0.05, 0) is 48.4 Å². The maximum absolute atomic E-state index is 14.3. The molecule has 0 saturated carbocycles. The number of alkyl halides is 2. The molecule has 2 aromatic carbocycles. The van der Waals surface area contributed by atoms with E-state index in [-0.39, 0.29) is 40.8 Å². The maximum Gasteiger partial charge on any atom is 0.399 e. The number of nitrogens with one attached hydrogen (secondary N) is 1. The molecule has 5 atom stereocenters. The molecule has 3 fully saturated rings. The summed E-state index contributed by atoms with van der Waals surface area (Å²) < 4.78 is 61.9. The summed E-state index contributed by atoms with van der Waals surface area (Å²) in [6.07, 6.45) is 1.02. The predicted molar refractivity (Wildman–Crippen MR) is 175 cm³/mol. The second kappa shape index (κ2) is 12.8. The average Bonchev–Trinajstić information content (AvgIpc) is 3.78. The minimum absolute atomic E-state index is 0.00912. The number of nitriles is 1. The van der Waals surface area contributed by atoms with E-state index < -0.39 is 71.0 Å². The Morgan fingerprint density at radius 2 is 1.79 bits per heavy atom. The van der Waals surface area contributed by atoms with Crippen molar-refractivity contribution in [3.63, 3.8) is 0 Å². The van der Waals surface area contributed by atoms with Crippen LogP contribution in [-0.2, 0) is 19.8 Å². The van der Waals surface area contributed by atoms with E-state index in [0.29, 0.717) is 24.1 Å². The fraction of sp³-hybridized carbons (Fsp3) is 0.419. The zero-order valence-corrected chi connectivity index (χ0v) is 27.8. The first-order chi connectivity index (χ1) is 22.6. The molecule has 1 aromatic heterocycles. The molecule has 256 valence electrons. The normalized spacial score (nSPS) is 26.8. The van der Waals surface area contributed by atoms with Gasteiger partial charge in [0.05, 0.1) is 22.6 Å². The number of likely N-dealkylation sites (tertiary alicyclic amines) is 1. The summed E-state index contributed by atoms with van der Waals surface area (Å²) in [6.45, 7) is 0.505. The van der Waals surface area contributed by atoms with E-state index in [1.165, 1.54) is 17.0 Å². The first kappa shape index (κ1) is 34.4. The van der Waals surface area contributed by atoms with Gasteiger partial charge in [0.25, 0.3) is 5.91 Å². The van der Waals surface area contributed by atoms with Gasteiger partial charge in [-0.1, -0.05) is 36.4 Å². The fourth-order valence-electron chi connectivity index (χ4n) is 6.88. The number of hydrogen-bond acceptors (Lipinski definition) is 8. The molecule has 5 N–H and O–H groups in total. The highest BCUT2D eigenvalue weighted by atomic mass is 32.3. The van der Waals surface area contributed by atoms with Crippen LogP contribution in [-0.4, -0.2) is 89.1 Å². The lowest BCUT2D eigenvalue weighted by molar-refractivity contribution is -0.145. The molecule has 3 amide bonds. The number of carbonyl (C=O) groups is 3. The molecule has 17 heteroatoms. The number of amides is 3. The van der Waals surface area contributed by atoms with Gasteiger partial charge in [-0.15, -0.1) is 11.3 Å². The van der Waals surface area contributed by atoms with E-state index in [2.05, 4.69) is 11.4 Å². The van der Waals surface area contributed by atoms with Crippen LogP contribution in [0.15, 0.2) is 54.6 Å². The van der Waals surface area contributed by atoms with Crippen molar-refractivity contribution in [3.8, 4) is 6.07 Å². The molecule has 0 spiro atoms. The van der Waals surface area contributed by atoms with Crippen molar-refractivity contribution in [2.45, 2.75) is 49.0 Å². The van der Waals surface area contributed by atoms with Gasteiger partial charge >= 0.3 is 13.3 Å². The van der Waals surface area contributed by atoms with Crippen molar-refractivity contribution in [2.24, 2.45) is 5.92 Å². The smallest absolute Gasteiger partial charge is 0.339 e. The van der Waals surface area contributed by atoms with Gasteiger partial charge in [-0.2, -0.15) is 24.6 Å². The van der Waals surface area contributed by atoms with Crippen molar-refractivity contribution in [2.75, 3.05) is 24.6 Å². The van der Waals surface area contributed by atoms with Gasteiger partial charge in [0.15, 0.2) is 0 Å². The maximum atomic E-state index is 14.3. The zero-order chi connectivity index (χ0) is 34.6. The van der Waals surface area contributed by atoms with Crippen molar-refractivity contribution < 1.29 is 46.6 Å². The lowest BCUT2D eigenvalue weighted by Gasteiger charge is -2.43. The second-order valence-corrected chi connectivity index (χ2v) is 17.5. The first-order valence-electron chi connectivity index (χ1n) is 15.2. The number of benzene rings is 2. The summed E-state index contributed by atoms with van der Waals surface area (Å²) in [7, 11) is -9.12. The molecule has 3 aromatic rings. The Morgan fingerprint density at radius 3 is 2.48 bits per heavy atom. The Hall–Kier alpha value is -3.42. The summed E-state index contributed by atoms with van der Waals surface area (Å²) in [5.41, 5.74) is -4.44. The molecule has 4 heterocycles. The highest BCUT2D eigenvalue weighted by Gasteiger charge is 2.51. The number of halogens is 2. The molecule has 12 nitrogen and oxygen atoms in total. The molecule has 3 saturated heterocycles. The van der Waals surface area contributed by atoms with Gasteiger partial charge in [0, 0.05) is 41.1 Å². The molecular weight excluding hydrogens is 689 g/mol. The Bertz CT molecular complexity index is 1850. The molecule has 0 bridgehead atoms. The van der Waals surface area contributed by atoms with Crippen LogP contribution >= 0.6 is 29.5 Å². The molecule has 48 heavy (non-hydrogen) atoms. The van der Waals surface area contributed by atoms with E-state index in [1.807, 2.05) is 30.3 Å². The van der Waals surface area contributed by atoms with Crippen molar-refractivity contribution in [1.82, 2.24) is 15.1 Å². The highest BCUT2D eigenvalue weighted by molar-refractivity contribution is 8.24. The van der Waals surface area contributed by atoms with Crippen molar-refractivity contribution >= 4 is 57.3 Å².